The highest BCUT2D eigenvalue weighted by atomic mass is 16.4. The molecule has 0 bridgehead atoms. The molecule has 1 aromatic rings. The molecule has 116 valence electrons. The quantitative estimate of drug-likeness (QED) is 0.332. The normalized spacial score (nSPS) is 12.1. The van der Waals surface area contributed by atoms with Gasteiger partial charge in [-0.15, -0.1) is 0 Å². The van der Waals surface area contributed by atoms with Gasteiger partial charge in [0.1, 0.15) is 11.8 Å². The molecular formula is C14H22N4O3. The number of carboxylic acid groups (broad SMARTS) is 1. The Labute approximate surface area is 124 Å². The summed E-state index contributed by atoms with van der Waals surface area (Å²) in [5.74, 6) is -0.925. The minimum atomic E-state index is -0.997. The Morgan fingerprint density at radius 1 is 1.38 bits per heavy atom. The highest BCUT2D eigenvalue weighted by Crippen LogP contribution is 2.13. The van der Waals surface area contributed by atoms with Crippen LogP contribution in [0, 0.1) is 0 Å². The maximum Gasteiger partial charge on any atom is 0.328 e. The molecule has 1 rings (SSSR count). The van der Waals surface area contributed by atoms with E-state index in [9.17, 15) is 9.90 Å². The van der Waals surface area contributed by atoms with Crippen molar-refractivity contribution in [3.63, 3.8) is 0 Å². The van der Waals surface area contributed by atoms with E-state index in [1.165, 1.54) is 25.7 Å². The standard InChI is InChI=1S/C13H17N3O3.CH5N/c14-9-15-7-3-5-11(13(18)19)16-8-10-4-1-2-6-12(10)17;1-2/h1-2,4,6,8-9,11,17H,3,5,7H2,(H2,14,15)(H,18,19);2H2,1H3. The average Bonchev–Trinajstić information content (AvgIpc) is 2.50. The number of nitrogens with two attached hydrogens (primary N) is 2. The van der Waals surface area contributed by atoms with Crippen LogP contribution in [0.5, 0.6) is 5.75 Å². The van der Waals surface area contributed by atoms with Crippen molar-refractivity contribution in [1.29, 1.82) is 0 Å². The SMILES string of the molecule is CN.NC=NCCCC(N=Cc1ccccc1O)C(=O)O. The van der Waals surface area contributed by atoms with Crippen molar-refractivity contribution >= 4 is 18.5 Å². The minimum absolute atomic E-state index is 0.0723. The number of hydrogen-bond donors (Lipinski definition) is 4. The predicted molar refractivity (Wildman–Crippen MR) is 84.0 cm³/mol. The van der Waals surface area contributed by atoms with Crippen LogP contribution in [-0.4, -0.2) is 48.4 Å². The van der Waals surface area contributed by atoms with Crippen molar-refractivity contribution in [2.75, 3.05) is 13.6 Å². The monoisotopic (exact) mass is 294 g/mol. The van der Waals surface area contributed by atoms with Gasteiger partial charge < -0.3 is 21.7 Å². The van der Waals surface area contributed by atoms with Gasteiger partial charge in [0, 0.05) is 18.3 Å². The van der Waals surface area contributed by atoms with Crippen molar-refractivity contribution in [2.24, 2.45) is 21.5 Å². The van der Waals surface area contributed by atoms with E-state index in [0.29, 0.717) is 24.9 Å². The molecule has 1 atom stereocenters. The minimum Gasteiger partial charge on any atom is -0.507 e. The maximum atomic E-state index is 11.0. The summed E-state index contributed by atoms with van der Waals surface area (Å²) >= 11 is 0. The largest absolute Gasteiger partial charge is 0.507 e. The molecule has 0 aliphatic rings. The lowest BCUT2D eigenvalue weighted by Crippen LogP contribution is -2.18. The van der Waals surface area contributed by atoms with Crippen molar-refractivity contribution in [2.45, 2.75) is 18.9 Å². The van der Waals surface area contributed by atoms with Crippen LogP contribution < -0.4 is 11.5 Å². The molecule has 7 nitrogen and oxygen atoms in total. The van der Waals surface area contributed by atoms with Crippen LogP contribution in [0.15, 0.2) is 34.3 Å². The summed E-state index contributed by atoms with van der Waals surface area (Å²) in [6.07, 6.45) is 3.53. The van der Waals surface area contributed by atoms with Gasteiger partial charge in [0.25, 0.3) is 0 Å². The lowest BCUT2D eigenvalue weighted by Gasteiger charge is -2.06. The first-order chi connectivity index (χ1) is 10.1. The third-order valence-electron chi connectivity index (χ3n) is 2.49. The van der Waals surface area contributed by atoms with E-state index in [0.717, 1.165) is 0 Å². The third-order valence-corrected chi connectivity index (χ3v) is 2.49. The van der Waals surface area contributed by atoms with E-state index in [-0.39, 0.29) is 5.75 Å². The van der Waals surface area contributed by atoms with E-state index in [1.807, 2.05) is 0 Å². The number of aliphatic carboxylic acids is 1. The van der Waals surface area contributed by atoms with Crippen LogP contribution in [0.25, 0.3) is 0 Å². The van der Waals surface area contributed by atoms with E-state index < -0.39 is 12.0 Å². The van der Waals surface area contributed by atoms with Gasteiger partial charge in [0.15, 0.2) is 0 Å². The molecule has 0 radical (unpaired) electrons. The number of rotatable bonds is 7. The summed E-state index contributed by atoms with van der Waals surface area (Å²) in [4.78, 5) is 18.8. The molecule has 0 heterocycles. The molecule has 21 heavy (non-hydrogen) atoms. The van der Waals surface area contributed by atoms with Crippen LogP contribution in [0.3, 0.4) is 0 Å². The Bertz CT molecular complexity index is 475. The molecular weight excluding hydrogens is 272 g/mol. The molecule has 6 N–H and O–H groups in total. The zero-order chi connectivity index (χ0) is 16.1. The second kappa shape index (κ2) is 11.4. The zero-order valence-electron chi connectivity index (χ0n) is 12.0. The molecule has 0 spiro atoms. The second-order valence-electron chi connectivity index (χ2n) is 3.89. The number of carboxylic acids is 1. The Morgan fingerprint density at radius 2 is 2.05 bits per heavy atom. The second-order valence-corrected chi connectivity index (χ2v) is 3.89. The molecule has 7 heteroatoms. The van der Waals surface area contributed by atoms with E-state index in [1.54, 1.807) is 18.2 Å². The summed E-state index contributed by atoms with van der Waals surface area (Å²) < 4.78 is 0. The van der Waals surface area contributed by atoms with Gasteiger partial charge in [-0.25, -0.2) is 4.79 Å². The number of benzene rings is 1. The summed E-state index contributed by atoms with van der Waals surface area (Å²) in [5, 5.41) is 18.6. The highest BCUT2D eigenvalue weighted by molar-refractivity contribution is 5.85. The Kier molecular flexibility index (Phi) is 10.1. The van der Waals surface area contributed by atoms with Gasteiger partial charge in [-0.2, -0.15) is 0 Å². The first kappa shape index (κ1) is 18.6. The Balaban J connectivity index is 0.00000191. The molecule has 0 aliphatic heterocycles. The summed E-state index contributed by atoms with van der Waals surface area (Å²) in [6, 6.07) is 5.77. The van der Waals surface area contributed by atoms with Crippen LogP contribution in [0.2, 0.25) is 0 Å². The zero-order valence-corrected chi connectivity index (χ0v) is 12.0. The van der Waals surface area contributed by atoms with Crippen LogP contribution >= 0.6 is 0 Å². The summed E-state index contributed by atoms with van der Waals surface area (Å²) in [7, 11) is 1.50. The van der Waals surface area contributed by atoms with Crippen molar-refractivity contribution in [3.05, 3.63) is 29.8 Å². The molecule has 0 fully saturated rings. The maximum absolute atomic E-state index is 11.0. The number of carbonyl (C=O) groups is 1. The van der Waals surface area contributed by atoms with E-state index in [2.05, 4.69) is 15.7 Å². The number of nitrogens with zero attached hydrogens (tertiary/aromatic N) is 2. The number of hydrogen-bond acceptors (Lipinski definition) is 5. The van der Waals surface area contributed by atoms with Gasteiger partial charge in [-0.05, 0) is 32.0 Å². The fourth-order valence-electron chi connectivity index (χ4n) is 1.48. The highest BCUT2D eigenvalue weighted by Gasteiger charge is 2.14. The number of phenolic OH excluding ortho intramolecular Hbond substituents is 1. The average molecular weight is 294 g/mol. The Hall–Kier alpha value is -2.41. The van der Waals surface area contributed by atoms with Crippen LogP contribution in [0.1, 0.15) is 18.4 Å². The Morgan fingerprint density at radius 3 is 2.62 bits per heavy atom. The number of phenols is 1. The molecule has 1 unspecified atom stereocenters. The first-order valence-corrected chi connectivity index (χ1v) is 6.47. The number of aliphatic imine (C=N–C) groups is 2. The van der Waals surface area contributed by atoms with Crippen LogP contribution in [-0.2, 0) is 4.79 Å². The molecule has 0 aromatic heterocycles. The first-order valence-electron chi connectivity index (χ1n) is 6.47. The van der Waals surface area contributed by atoms with E-state index in [4.69, 9.17) is 10.8 Å². The molecule has 0 saturated carbocycles. The lowest BCUT2D eigenvalue weighted by atomic mass is 10.1. The van der Waals surface area contributed by atoms with Crippen molar-refractivity contribution < 1.29 is 15.0 Å². The summed E-state index contributed by atoms with van der Waals surface area (Å²) in [6.45, 7) is 0.479. The third kappa shape index (κ3) is 7.68. The summed E-state index contributed by atoms with van der Waals surface area (Å²) in [5.41, 5.74) is 10.1. The number of aromatic hydroxyl groups is 1. The smallest absolute Gasteiger partial charge is 0.328 e. The van der Waals surface area contributed by atoms with Gasteiger partial charge in [-0.3, -0.25) is 9.98 Å². The topological polar surface area (TPSA) is 134 Å². The molecule has 1 aromatic carbocycles. The van der Waals surface area contributed by atoms with Gasteiger partial charge in [0.2, 0.25) is 0 Å². The predicted octanol–water partition coefficient (Wildman–Crippen LogP) is 0.606. The molecule has 0 saturated heterocycles. The molecule has 0 amide bonds. The lowest BCUT2D eigenvalue weighted by molar-refractivity contribution is -0.138. The fraction of sp³-hybridized carbons (Fsp3) is 0.357. The van der Waals surface area contributed by atoms with Crippen molar-refractivity contribution in [3.8, 4) is 5.75 Å². The van der Waals surface area contributed by atoms with Gasteiger partial charge in [-0.1, -0.05) is 12.1 Å². The van der Waals surface area contributed by atoms with E-state index >= 15 is 0 Å². The van der Waals surface area contributed by atoms with Gasteiger partial charge >= 0.3 is 5.97 Å². The van der Waals surface area contributed by atoms with Crippen molar-refractivity contribution in [1.82, 2.24) is 0 Å². The van der Waals surface area contributed by atoms with Gasteiger partial charge in [0.05, 0.1) is 6.34 Å². The fourth-order valence-corrected chi connectivity index (χ4v) is 1.48. The number of para-hydroxylation sites is 1. The molecule has 0 aliphatic carbocycles. The van der Waals surface area contributed by atoms with Crippen LogP contribution in [0.4, 0.5) is 0 Å².